The van der Waals surface area contributed by atoms with Crippen molar-refractivity contribution in [1.82, 2.24) is 33.8 Å². The van der Waals surface area contributed by atoms with Crippen LogP contribution in [0.5, 0.6) is 11.5 Å². The second kappa shape index (κ2) is 14.8. The van der Waals surface area contributed by atoms with Crippen LogP contribution in [-0.2, 0) is 28.5 Å². The van der Waals surface area contributed by atoms with Crippen molar-refractivity contribution in [3.8, 4) is 11.5 Å². The summed E-state index contributed by atoms with van der Waals surface area (Å²) in [4.78, 5) is 77.2. The number of carbonyl (C=O) groups excluding carboxylic acids is 3. The fourth-order valence-electron chi connectivity index (χ4n) is 9.54. The lowest BCUT2D eigenvalue weighted by atomic mass is 9.91. The first-order valence-electron chi connectivity index (χ1n) is 20.1. The summed E-state index contributed by atoms with van der Waals surface area (Å²) in [5.41, 5.74) is 4.52. The Morgan fingerprint density at radius 1 is 0.845 bits per heavy atom. The van der Waals surface area contributed by atoms with Gasteiger partial charge in [0.2, 0.25) is 17.7 Å². The highest BCUT2D eigenvalue weighted by Gasteiger charge is 2.39. The molecule has 3 aliphatic heterocycles. The third kappa shape index (κ3) is 6.32. The van der Waals surface area contributed by atoms with Gasteiger partial charge >= 0.3 is 5.69 Å². The van der Waals surface area contributed by atoms with E-state index < -0.39 is 18.0 Å². The van der Waals surface area contributed by atoms with Crippen LogP contribution in [0.1, 0.15) is 73.3 Å². The maximum atomic E-state index is 14.4. The molecule has 4 aliphatic rings. The first kappa shape index (κ1) is 37.6. The largest absolute Gasteiger partial charge is 0.496 e. The summed E-state index contributed by atoms with van der Waals surface area (Å²) in [5.74, 6) is 0.889. The summed E-state index contributed by atoms with van der Waals surface area (Å²) in [6, 6.07) is 12.3. The lowest BCUT2D eigenvalue weighted by Crippen LogP contribution is -2.57. The molecule has 4 fully saturated rings. The van der Waals surface area contributed by atoms with Crippen molar-refractivity contribution in [2.45, 2.75) is 62.6 Å². The van der Waals surface area contributed by atoms with Crippen LogP contribution in [0.4, 0.5) is 5.69 Å². The first-order valence-corrected chi connectivity index (χ1v) is 20.1. The Labute approximate surface area is 334 Å². The second-order valence-corrected chi connectivity index (χ2v) is 16.0. The van der Waals surface area contributed by atoms with Crippen LogP contribution in [0.2, 0.25) is 0 Å². The minimum Gasteiger partial charge on any atom is -0.496 e. The normalized spacial score (nSPS) is 20.2. The molecule has 1 N–H and O–H groups in total. The van der Waals surface area contributed by atoms with Crippen molar-refractivity contribution >= 4 is 45.2 Å². The lowest BCUT2D eigenvalue weighted by Gasteiger charge is -2.45. The van der Waals surface area contributed by atoms with Crippen LogP contribution < -0.4 is 30.9 Å². The van der Waals surface area contributed by atoms with Gasteiger partial charge < -0.3 is 23.8 Å². The standard InChI is InChI=1S/C43H48N8O7/c1-46-23-29(27-21-30(25-11-12-25)44-22-28(27)42(46)55)39(38-34(57-3)9-6-10-35(38)58-4)49-19-20-50(37(53)24-49)26-15-17-48(18-16-26)31-7-5-8-32-40(31)47(2)43(56)51(32)33-13-14-36(52)45-41(33)54/h5-10,21-23,25-26,33,39H,11-20,24H2,1-4H3,(H,45,52,54). The Morgan fingerprint density at radius 3 is 2.24 bits per heavy atom. The van der Waals surface area contributed by atoms with E-state index >= 15 is 0 Å². The highest BCUT2D eigenvalue weighted by Crippen LogP contribution is 2.45. The number of amides is 3. The summed E-state index contributed by atoms with van der Waals surface area (Å²) >= 11 is 0. The number of aromatic nitrogens is 4. The van der Waals surface area contributed by atoms with Gasteiger partial charge in [-0.15, -0.1) is 0 Å². The van der Waals surface area contributed by atoms with Gasteiger partial charge in [0.15, 0.2) is 0 Å². The van der Waals surface area contributed by atoms with Crippen LogP contribution in [0.15, 0.2) is 64.4 Å². The monoisotopic (exact) mass is 788 g/mol. The summed E-state index contributed by atoms with van der Waals surface area (Å²) in [6.45, 7) is 2.62. The molecule has 5 aromatic rings. The number of carbonyl (C=O) groups is 3. The molecule has 58 heavy (non-hydrogen) atoms. The number of fused-ring (bicyclic) bond motifs is 2. The third-order valence-corrected chi connectivity index (χ3v) is 12.7. The highest BCUT2D eigenvalue weighted by molar-refractivity contribution is 6.00. The molecule has 1 saturated carbocycles. The van der Waals surface area contributed by atoms with E-state index in [0.29, 0.717) is 54.5 Å². The summed E-state index contributed by atoms with van der Waals surface area (Å²) in [6.07, 6.45) is 7.68. The molecule has 2 atom stereocenters. The number of hydrogen-bond donors (Lipinski definition) is 1. The molecule has 6 heterocycles. The van der Waals surface area contributed by atoms with Crippen molar-refractivity contribution in [2.75, 3.05) is 51.8 Å². The SMILES string of the molecule is COc1cccc(OC)c1C(c1cn(C)c(=O)c2cnc(C3CC3)cc12)N1CCN(C2CCN(c3cccc4c3n(C)c(=O)n4C3CCC(=O)NC3=O)CC2)C(=O)C1. The molecule has 15 nitrogen and oxygen atoms in total. The van der Waals surface area contributed by atoms with Gasteiger partial charge in [-0.1, -0.05) is 12.1 Å². The molecular formula is C43H48N8O7. The van der Waals surface area contributed by atoms with Crippen LogP contribution in [-0.4, -0.2) is 99.2 Å². The second-order valence-electron chi connectivity index (χ2n) is 16.0. The predicted octanol–water partition coefficient (Wildman–Crippen LogP) is 3.36. The van der Waals surface area contributed by atoms with Crippen molar-refractivity contribution in [3.05, 3.63) is 92.5 Å². The van der Waals surface area contributed by atoms with Crippen molar-refractivity contribution < 1.29 is 23.9 Å². The number of ether oxygens (including phenoxy) is 2. The van der Waals surface area contributed by atoms with Crippen molar-refractivity contribution in [3.63, 3.8) is 0 Å². The molecule has 3 aromatic heterocycles. The lowest BCUT2D eigenvalue weighted by molar-refractivity contribution is -0.140. The fourth-order valence-corrected chi connectivity index (χ4v) is 9.54. The number of imidazole rings is 1. The number of methoxy groups -OCH3 is 2. The molecule has 0 spiro atoms. The van der Waals surface area contributed by atoms with Gasteiger partial charge in [-0.05, 0) is 73.4 Å². The van der Waals surface area contributed by atoms with Gasteiger partial charge in [0.05, 0.1) is 54.5 Å². The number of piperazine rings is 1. The minimum atomic E-state index is -0.756. The molecule has 3 saturated heterocycles. The zero-order valence-electron chi connectivity index (χ0n) is 33.3. The molecular weight excluding hydrogens is 741 g/mol. The number of rotatable bonds is 9. The Morgan fingerprint density at radius 2 is 1.57 bits per heavy atom. The van der Waals surface area contributed by atoms with Crippen LogP contribution >= 0.6 is 0 Å². The fraction of sp³-hybridized carbons (Fsp3) is 0.442. The number of anilines is 1. The molecule has 1 aliphatic carbocycles. The highest BCUT2D eigenvalue weighted by atomic mass is 16.5. The molecule has 0 bridgehead atoms. The quantitative estimate of drug-likeness (QED) is 0.220. The number of para-hydroxylation sites is 1. The smallest absolute Gasteiger partial charge is 0.329 e. The van der Waals surface area contributed by atoms with E-state index in [2.05, 4.69) is 26.2 Å². The Hall–Kier alpha value is -5.96. The van der Waals surface area contributed by atoms with Gasteiger partial charge in [0.25, 0.3) is 5.56 Å². The van der Waals surface area contributed by atoms with E-state index in [-0.39, 0.29) is 48.5 Å². The average Bonchev–Trinajstić information content (AvgIpc) is 4.06. The predicted molar refractivity (Wildman–Crippen MR) is 217 cm³/mol. The van der Waals surface area contributed by atoms with Crippen molar-refractivity contribution in [1.29, 1.82) is 0 Å². The topological polar surface area (TPSA) is 153 Å². The number of hydrogen-bond acceptors (Lipinski definition) is 10. The molecule has 3 amide bonds. The van der Waals surface area contributed by atoms with Crippen molar-refractivity contribution in [2.24, 2.45) is 14.1 Å². The Bertz CT molecular complexity index is 2580. The first-order chi connectivity index (χ1) is 28.1. The van der Waals surface area contributed by atoms with E-state index in [9.17, 15) is 24.0 Å². The molecule has 15 heteroatoms. The summed E-state index contributed by atoms with van der Waals surface area (Å²) in [7, 11) is 6.73. The molecule has 0 radical (unpaired) electrons. The zero-order chi connectivity index (χ0) is 40.4. The molecule has 2 unspecified atom stereocenters. The van der Waals surface area contributed by atoms with E-state index in [1.54, 1.807) is 43.6 Å². The molecule has 302 valence electrons. The number of benzene rings is 2. The van der Waals surface area contributed by atoms with Crippen LogP contribution in [0, 0.1) is 0 Å². The van der Waals surface area contributed by atoms with E-state index in [4.69, 9.17) is 9.47 Å². The van der Waals surface area contributed by atoms with Gasteiger partial charge in [-0.3, -0.25) is 43.5 Å². The Balaban J connectivity index is 0.989. The van der Waals surface area contributed by atoms with Gasteiger partial charge in [0, 0.05) is 76.7 Å². The molecule has 2 aromatic carbocycles. The zero-order valence-corrected chi connectivity index (χ0v) is 33.3. The number of nitrogens with one attached hydrogen (secondary N) is 1. The van der Waals surface area contributed by atoms with Crippen LogP contribution in [0.25, 0.3) is 21.8 Å². The maximum absolute atomic E-state index is 14.4. The van der Waals surface area contributed by atoms with E-state index in [1.807, 2.05) is 47.5 Å². The molecule has 9 rings (SSSR count). The number of piperidine rings is 2. The van der Waals surface area contributed by atoms with E-state index in [0.717, 1.165) is 59.1 Å². The maximum Gasteiger partial charge on any atom is 0.329 e. The summed E-state index contributed by atoms with van der Waals surface area (Å²) in [5, 5.41) is 3.73. The van der Waals surface area contributed by atoms with Crippen LogP contribution in [0.3, 0.4) is 0 Å². The van der Waals surface area contributed by atoms with Gasteiger partial charge in [-0.2, -0.15) is 0 Å². The van der Waals surface area contributed by atoms with Gasteiger partial charge in [-0.25, -0.2) is 4.79 Å². The van der Waals surface area contributed by atoms with Gasteiger partial charge in [0.1, 0.15) is 17.5 Å². The number of nitrogens with zero attached hydrogens (tertiary/aromatic N) is 7. The van der Waals surface area contributed by atoms with E-state index in [1.165, 1.54) is 4.57 Å². The Kier molecular flexibility index (Phi) is 9.57. The number of aryl methyl sites for hydroxylation is 2. The summed E-state index contributed by atoms with van der Waals surface area (Å²) < 4.78 is 16.6. The number of imide groups is 1. The average molecular weight is 789 g/mol. The minimum absolute atomic E-state index is 0.0313. The number of pyridine rings is 2. The third-order valence-electron chi connectivity index (χ3n) is 12.7.